The van der Waals surface area contributed by atoms with Crippen LogP contribution in [0.4, 0.5) is 5.69 Å². The average molecular weight is 360 g/mol. The molecule has 3 heteroatoms. The highest BCUT2D eigenvalue weighted by Gasteiger charge is 2.29. The zero-order chi connectivity index (χ0) is 18.5. The van der Waals surface area contributed by atoms with Gasteiger partial charge in [0, 0.05) is 0 Å². The van der Waals surface area contributed by atoms with E-state index >= 15 is 0 Å². The number of nitrogens with one attached hydrogen (secondary N) is 1. The molecule has 0 radical (unpaired) electrons. The summed E-state index contributed by atoms with van der Waals surface area (Å²) in [5, 5.41) is 3.56. The van der Waals surface area contributed by atoms with Crippen LogP contribution < -0.4 is 10.1 Å². The molecular formula is C23H37NO2. The number of para-hydroxylation sites is 2. The van der Waals surface area contributed by atoms with Crippen molar-refractivity contribution in [1.82, 2.24) is 0 Å². The van der Waals surface area contributed by atoms with Gasteiger partial charge in [-0.3, -0.25) is 0 Å². The molecule has 1 fully saturated rings. The first-order valence-electron chi connectivity index (χ1n) is 10.7. The Morgan fingerprint density at radius 3 is 1.73 bits per heavy atom. The molecule has 1 N–H and O–H groups in total. The lowest BCUT2D eigenvalue weighted by Crippen LogP contribution is -2.40. The summed E-state index contributed by atoms with van der Waals surface area (Å²) in [6, 6.07) is 7.93. The summed E-state index contributed by atoms with van der Waals surface area (Å²) in [4.78, 5) is 12.2. The van der Waals surface area contributed by atoms with Crippen LogP contribution in [0.15, 0.2) is 24.3 Å². The number of carbonyl (C=O) groups is 1. The Kier molecular flexibility index (Phi) is 9.58. The quantitative estimate of drug-likeness (QED) is 0.622. The van der Waals surface area contributed by atoms with Crippen LogP contribution in [0.5, 0.6) is 5.75 Å². The monoisotopic (exact) mass is 359 g/mol. The number of rotatable bonds is 4. The van der Waals surface area contributed by atoms with Gasteiger partial charge >= 0.3 is 0 Å². The minimum absolute atomic E-state index is 0.463. The molecule has 1 aromatic rings. The van der Waals surface area contributed by atoms with E-state index in [1.807, 2.05) is 24.3 Å². The SMILES string of the molecule is COc1ccccc1NC1(C=O)CCCCCCCCCCCCCC1. The van der Waals surface area contributed by atoms with Crippen LogP contribution >= 0.6 is 0 Å². The summed E-state index contributed by atoms with van der Waals surface area (Å²) < 4.78 is 5.48. The average Bonchev–Trinajstić information content (AvgIpc) is 2.68. The number of hydrogen-bond donors (Lipinski definition) is 1. The van der Waals surface area contributed by atoms with Crippen LogP contribution in [0, 0.1) is 0 Å². The van der Waals surface area contributed by atoms with Gasteiger partial charge < -0.3 is 14.8 Å². The Morgan fingerprint density at radius 2 is 1.27 bits per heavy atom. The zero-order valence-corrected chi connectivity index (χ0v) is 16.6. The van der Waals surface area contributed by atoms with Gasteiger partial charge in [0.1, 0.15) is 12.0 Å². The van der Waals surface area contributed by atoms with Gasteiger partial charge in [-0.25, -0.2) is 0 Å². The highest BCUT2D eigenvalue weighted by Crippen LogP contribution is 2.31. The molecule has 1 aromatic carbocycles. The van der Waals surface area contributed by atoms with E-state index in [9.17, 15) is 4.79 Å². The molecule has 3 nitrogen and oxygen atoms in total. The smallest absolute Gasteiger partial charge is 0.145 e. The second kappa shape index (κ2) is 12.0. The van der Waals surface area contributed by atoms with Gasteiger partial charge in [-0.2, -0.15) is 0 Å². The van der Waals surface area contributed by atoms with Crippen molar-refractivity contribution in [2.75, 3.05) is 12.4 Å². The topological polar surface area (TPSA) is 38.3 Å². The van der Waals surface area contributed by atoms with Crippen LogP contribution in [0.25, 0.3) is 0 Å². The van der Waals surface area contributed by atoms with Crippen LogP contribution in [-0.4, -0.2) is 18.9 Å². The van der Waals surface area contributed by atoms with E-state index in [1.54, 1.807) is 7.11 Å². The van der Waals surface area contributed by atoms with Gasteiger partial charge in [0.15, 0.2) is 0 Å². The molecule has 2 rings (SSSR count). The summed E-state index contributed by atoms with van der Waals surface area (Å²) in [6.45, 7) is 0. The van der Waals surface area contributed by atoms with Gasteiger partial charge in [0.05, 0.1) is 18.3 Å². The molecule has 0 saturated heterocycles. The molecule has 26 heavy (non-hydrogen) atoms. The summed E-state index contributed by atoms with van der Waals surface area (Å²) in [7, 11) is 1.69. The maximum absolute atomic E-state index is 12.2. The minimum atomic E-state index is -0.463. The van der Waals surface area contributed by atoms with Crippen molar-refractivity contribution in [2.24, 2.45) is 0 Å². The number of hydrogen-bond acceptors (Lipinski definition) is 3. The van der Waals surface area contributed by atoms with Crippen molar-refractivity contribution in [3.63, 3.8) is 0 Å². The molecule has 1 aliphatic carbocycles. The maximum Gasteiger partial charge on any atom is 0.145 e. The maximum atomic E-state index is 12.2. The predicted octanol–water partition coefficient (Wildman–Crippen LogP) is 6.52. The van der Waals surface area contributed by atoms with Crippen molar-refractivity contribution in [1.29, 1.82) is 0 Å². The molecule has 0 aromatic heterocycles. The van der Waals surface area contributed by atoms with Crippen LogP contribution in [0.3, 0.4) is 0 Å². The molecule has 0 bridgehead atoms. The molecule has 0 heterocycles. The van der Waals surface area contributed by atoms with Crippen molar-refractivity contribution in [3.05, 3.63) is 24.3 Å². The lowest BCUT2D eigenvalue weighted by Gasteiger charge is -2.31. The first kappa shape index (κ1) is 20.8. The molecule has 0 amide bonds. The Balaban J connectivity index is 2.05. The largest absolute Gasteiger partial charge is 0.495 e. The molecule has 0 atom stereocenters. The Morgan fingerprint density at radius 1 is 0.808 bits per heavy atom. The van der Waals surface area contributed by atoms with E-state index in [-0.39, 0.29) is 0 Å². The fourth-order valence-electron chi connectivity index (χ4n) is 4.06. The number of methoxy groups -OCH3 is 1. The fourth-order valence-corrected chi connectivity index (χ4v) is 4.06. The predicted molar refractivity (Wildman–Crippen MR) is 110 cm³/mol. The van der Waals surface area contributed by atoms with Crippen molar-refractivity contribution < 1.29 is 9.53 Å². The normalized spacial score (nSPS) is 20.3. The van der Waals surface area contributed by atoms with Crippen LogP contribution in [0.1, 0.15) is 89.9 Å². The fraction of sp³-hybridized carbons (Fsp3) is 0.696. The summed E-state index contributed by atoms with van der Waals surface area (Å²) in [5.41, 5.74) is 0.467. The third-order valence-electron chi connectivity index (χ3n) is 5.71. The first-order chi connectivity index (χ1) is 12.8. The van der Waals surface area contributed by atoms with E-state index in [0.29, 0.717) is 0 Å². The lowest BCUT2D eigenvalue weighted by atomic mass is 9.87. The zero-order valence-electron chi connectivity index (χ0n) is 16.6. The Hall–Kier alpha value is -1.51. The van der Waals surface area contributed by atoms with Crippen LogP contribution in [-0.2, 0) is 4.79 Å². The number of carbonyl (C=O) groups excluding carboxylic acids is 1. The van der Waals surface area contributed by atoms with Crippen LogP contribution in [0.2, 0.25) is 0 Å². The number of anilines is 1. The summed E-state index contributed by atoms with van der Waals surface area (Å²) >= 11 is 0. The number of ether oxygens (including phenoxy) is 1. The molecule has 1 aliphatic rings. The standard InChI is InChI=1S/C23H37NO2/c1-26-22-17-13-12-16-21(22)24-23(20-25)18-14-10-8-6-4-2-3-5-7-9-11-15-19-23/h12-13,16-17,20,24H,2-11,14-15,18-19H2,1H3. The van der Waals surface area contributed by atoms with Gasteiger partial charge in [-0.1, -0.05) is 89.2 Å². The second-order valence-corrected chi connectivity index (χ2v) is 7.84. The molecule has 146 valence electrons. The molecule has 1 saturated carbocycles. The third-order valence-corrected chi connectivity index (χ3v) is 5.71. The Bertz CT molecular complexity index is 499. The van der Waals surface area contributed by atoms with E-state index in [1.165, 1.54) is 64.2 Å². The van der Waals surface area contributed by atoms with E-state index in [4.69, 9.17) is 4.74 Å². The molecular weight excluding hydrogens is 322 g/mol. The highest BCUT2D eigenvalue weighted by molar-refractivity contribution is 5.72. The molecule has 0 unspecified atom stereocenters. The first-order valence-corrected chi connectivity index (χ1v) is 10.7. The van der Waals surface area contributed by atoms with Gasteiger partial charge in [0.25, 0.3) is 0 Å². The number of benzene rings is 1. The minimum Gasteiger partial charge on any atom is -0.495 e. The third kappa shape index (κ3) is 7.01. The van der Waals surface area contributed by atoms with Crippen molar-refractivity contribution >= 4 is 12.0 Å². The van der Waals surface area contributed by atoms with E-state index < -0.39 is 5.54 Å². The molecule has 0 spiro atoms. The van der Waals surface area contributed by atoms with Gasteiger partial charge in [0.2, 0.25) is 0 Å². The van der Waals surface area contributed by atoms with Crippen molar-refractivity contribution in [2.45, 2.75) is 95.4 Å². The summed E-state index contributed by atoms with van der Waals surface area (Å²) in [6.07, 6.45) is 18.5. The highest BCUT2D eigenvalue weighted by atomic mass is 16.5. The van der Waals surface area contributed by atoms with E-state index in [0.717, 1.165) is 43.4 Å². The second-order valence-electron chi connectivity index (χ2n) is 7.84. The lowest BCUT2D eigenvalue weighted by molar-refractivity contribution is -0.112. The van der Waals surface area contributed by atoms with Crippen molar-refractivity contribution in [3.8, 4) is 5.75 Å². The molecule has 0 aliphatic heterocycles. The Labute approximate surface area is 159 Å². The van der Waals surface area contributed by atoms with E-state index in [2.05, 4.69) is 5.32 Å². The van der Waals surface area contributed by atoms with Gasteiger partial charge in [-0.05, 0) is 25.0 Å². The van der Waals surface area contributed by atoms with Gasteiger partial charge in [-0.15, -0.1) is 0 Å². The summed E-state index contributed by atoms with van der Waals surface area (Å²) in [5.74, 6) is 0.810. The number of aldehydes is 1.